The summed E-state index contributed by atoms with van der Waals surface area (Å²) in [5, 5.41) is 26.7. The van der Waals surface area contributed by atoms with E-state index in [0.29, 0.717) is 10.6 Å². The maximum Gasteiger partial charge on any atom is 0.307 e. The first-order valence-electron chi connectivity index (χ1n) is 6.24. The number of aliphatic carboxylic acids is 1. The van der Waals surface area contributed by atoms with Crippen LogP contribution in [0.15, 0.2) is 34.2 Å². The standard InChI is InChI=1S/C15H13N3O2S/c1-9-10(2)17-18-15(13(9)8-16)21-12-5-3-11(4-6-12)7-14(19)20/h3-6H,7H2,1-2H3,(H,19,20). The van der Waals surface area contributed by atoms with Crippen molar-refractivity contribution in [3.63, 3.8) is 0 Å². The van der Waals surface area contributed by atoms with Crippen LogP contribution in [0.5, 0.6) is 0 Å². The molecule has 0 fully saturated rings. The zero-order chi connectivity index (χ0) is 15.4. The SMILES string of the molecule is Cc1nnc(Sc2ccc(CC(=O)O)cc2)c(C#N)c1C. The lowest BCUT2D eigenvalue weighted by Crippen LogP contribution is -2.00. The summed E-state index contributed by atoms with van der Waals surface area (Å²) in [5.74, 6) is -0.859. The van der Waals surface area contributed by atoms with Gasteiger partial charge < -0.3 is 5.11 Å². The molecule has 0 amide bonds. The van der Waals surface area contributed by atoms with Crippen molar-refractivity contribution in [1.29, 1.82) is 5.26 Å². The van der Waals surface area contributed by atoms with Gasteiger partial charge >= 0.3 is 5.97 Å². The molecule has 0 radical (unpaired) electrons. The van der Waals surface area contributed by atoms with Gasteiger partial charge in [-0.3, -0.25) is 4.79 Å². The molecular formula is C15H13N3O2S. The number of nitrogens with zero attached hydrogens (tertiary/aromatic N) is 3. The zero-order valence-corrected chi connectivity index (χ0v) is 12.4. The summed E-state index contributed by atoms with van der Waals surface area (Å²) in [7, 11) is 0. The van der Waals surface area contributed by atoms with Crippen molar-refractivity contribution in [2.75, 3.05) is 0 Å². The normalized spacial score (nSPS) is 10.1. The van der Waals surface area contributed by atoms with Crippen molar-refractivity contribution in [3.8, 4) is 6.07 Å². The Morgan fingerprint density at radius 3 is 2.52 bits per heavy atom. The van der Waals surface area contributed by atoms with Gasteiger partial charge in [-0.1, -0.05) is 23.9 Å². The van der Waals surface area contributed by atoms with Crippen LogP contribution in [0.25, 0.3) is 0 Å². The lowest BCUT2D eigenvalue weighted by Gasteiger charge is -2.07. The molecule has 5 nitrogen and oxygen atoms in total. The Morgan fingerprint density at radius 1 is 1.29 bits per heavy atom. The molecule has 0 atom stereocenters. The van der Waals surface area contributed by atoms with Gasteiger partial charge in [0.25, 0.3) is 0 Å². The molecule has 2 aromatic rings. The summed E-state index contributed by atoms with van der Waals surface area (Å²) in [6, 6.07) is 9.32. The lowest BCUT2D eigenvalue weighted by atomic mass is 10.1. The van der Waals surface area contributed by atoms with E-state index in [1.54, 1.807) is 12.1 Å². The van der Waals surface area contributed by atoms with Crippen LogP contribution in [0.3, 0.4) is 0 Å². The fourth-order valence-electron chi connectivity index (χ4n) is 1.75. The highest BCUT2D eigenvalue weighted by atomic mass is 32.2. The van der Waals surface area contributed by atoms with Crippen LogP contribution >= 0.6 is 11.8 Å². The van der Waals surface area contributed by atoms with E-state index in [9.17, 15) is 10.1 Å². The Balaban J connectivity index is 2.25. The van der Waals surface area contributed by atoms with Crippen molar-refractivity contribution in [3.05, 3.63) is 46.6 Å². The molecule has 106 valence electrons. The molecule has 0 aliphatic heterocycles. The predicted octanol–water partition coefficient (Wildman–Crippen LogP) is 2.74. The van der Waals surface area contributed by atoms with Crippen LogP contribution in [-0.2, 0) is 11.2 Å². The maximum atomic E-state index is 10.6. The number of carbonyl (C=O) groups is 1. The van der Waals surface area contributed by atoms with E-state index in [-0.39, 0.29) is 6.42 Å². The number of carboxylic acid groups (broad SMARTS) is 1. The predicted molar refractivity (Wildman–Crippen MR) is 78.1 cm³/mol. The molecular weight excluding hydrogens is 286 g/mol. The number of aromatic nitrogens is 2. The molecule has 6 heteroatoms. The minimum absolute atomic E-state index is 0.00215. The van der Waals surface area contributed by atoms with Gasteiger partial charge in [-0.15, -0.1) is 5.10 Å². The second-order valence-corrected chi connectivity index (χ2v) is 5.58. The third-order valence-corrected chi connectivity index (χ3v) is 4.01. The Morgan fingerprint density at radius 2 is 1.95 bits per heavy atom. The second-order valence-electron chi connectivity index (χ2n) is 4.52. The van der Waals surface area contributed by atoms with E-state index >= 15 is 0 Å². The Labute approximate surface area is 126 Å². The fraction of sp³-hybridized carbons (Fsp3) is 0.200. The summed E-state index contributed by atoms with van der Waals surface area (Å²) >= 11 is 1.35. The van der Waals surface area contributed by atoms with Crippen LogP contribution < -0.4 is 0 Å². The van der Waals surface area contributed by atoms with Gasteiger partial charge in [0.1, 0.15) is 11.1 Å². The summed E-state index contributed by atoms with van der Waals surface area (Å²) in [6.45, 7) is 3.67. The first-order chi connectivity index (χ1) is 10.0. The van der Waals surface area contributed by atoms with E-state index in [4.69, 9.17) is 5.11 Å². The topological polar surface area (TPSA) is 86.9 Å². The summed E-state index contributed by atoms with van der Waals surface area (Å²) in [6.07, 6.45) is -0.00215. The summed E-state index contributed by atoms with van der Waals surface area (Å²) in [4.78, 5) is 11.5. The Hall–Kier alpha value is -2.39. The molecule has 1 N–H and O–H groups in total. The first-order valence-corrected chi connectivity index (χ1v) is 7.05. The lowest BCUT2D eigenvalue weighted by molar-refractivity contribution is -0.136. The highest BCUT2D eigenvalue weighted by Gasteiger charge is 2.12. The molecule has 0 saturated carbocycles. The molecule has 0 unspecified atom stereocenters. The number of hydrogen-bond donors (Lipinski definition) is 1. The van der Waals surface area contributed by atoms with E-state index in [1.807, 2.05) is 26.0 Å². The monoisotopic (exact) mass is 299 g/mol. The average molecular weight is 299 g/mol. The van der Waals surface area contributed by atoms with Gasteiger partial charge in [0.2, 0.25) is 0 Å². The van der Waals surface area contributed by atoms with E-state index in [1.165, 1.54) is 11.8 Å². The minimum atomic E-state index is -0.859. The number of aryl methyl sites for hydroxylation is 1. The van der Waals surface area contributed by atoms with E-state index in [0.717, 1.165) is 21.7 Å². The molecule has 2 rings (SSSR count). The van der Waals surface area contributed by atoms with Gasteiger partial charge in [0.05, 0.1) is 17.7 Å². The highest BCUT2D eigenvalue weighted by Crippen LogP contribution is 2.30. The summed E-state index contributed by atoms with van der Waals surface area (Å²) < 4.78 is 0. The number of rotatable bonds is 4. The largest absolute Gasteiger partial charge is 0.481 e. The van der Waals surface area contributed by atoms with Crippen molar-refractivity contribution >= 4 is 17.7 Å². The van der Waals surface area contributed by atoms with Gasteiger partial charge in [0, 0.05) is 4.90 Å². The first kappa shape index (κ1) is 15.0. The van der Waals surface area contributed by atoms with Crippen LogP contribution in [0.1, 0.15) is 22.4 Å². The smallest absolute Gasteiger partial charge is 0.307 e. The Bertz CT molecular complexity index is 721. The quantitative estimate of drug-likeness (QED) is 0.934. The van der Waals surface area contributed by atoms with E-state index < -0.39 is 5.97 Å². The average Bonchev–Trinajstić information content (AvgIpc) is 2.45. The summed E-state index contributed by atoms with van der Waals surface area (Å²) in [5.41, 5.74) is 2.84. The molecule has 0 saturated heterocycles. The molecule has 1 aromatic heterocycles. The number of nitriles is 1. The van der Waals surface area contributed by atoms with Crippen LogP contribution in [0.4, 0.5) is 0 Å². The minimum Gasteiger partial charge on any atom is -0.481 e. The zero-order valence-electron chi connectivity index (χ0n) is 11.6. The fourth-order valence-corrected chi connectivity index (χ4v) is 2.63. The third-order valence-electron chi connectivity index (χ3n) is 3.03. The molecule has 0 bridgehead atoms. The van der Waals surface area contributed by atoms with Crippen LogP contribution in [-0.4, -0.2) is 21.3 Å². The number of carboxylic acids is 1. The molecule has 1 heterocycles. The number of hydrogen-bond acceptors (Lipinski definition) is 5. The van der Waals surface area contributed by atoms with Gasteiger partial charge in [0.15, 0.2) is 0 Å². The molecule has 0 aliphatic carbocycles. The number of benzene rings is 1. The van der Waals surface area contributed by atoms with Gasteiger partial charge in [-0.05, 0) is 37.1 Å². The van der Waals surface area contributed by atoms with Gasteiger partial charge in [-0.25, -0.2) is 0 Å². The molecule has 0 aliphatic rings. The third kappa shape index (κ3) is 3.58. The van der Waals surface area contributed by atoms with Crippen molar-refractivity contribution in [2.45, 2.75) is 30.2 Å². The van der Waals surface area contributed by atoms with Crippen molar-refractivity contribution in [2.24, 2.45) is 0 Å². The van der Waals surface area contributed by atoms with E-state index in [2.05, 4.69) is 16.3 Å². The second kappa shape index (κ2) is 6.37. The highest BCUT2D eigenvalue weighted by molar-refractivity contribution is 7.99. The van der Waals surface area contributed by atoms with Crippen LogP contribution in [0.2, 0.25) is 0 Å². The van der Waals surface area contributed by atoms with Crippen molar-refractivity contribution < 1.29 is 9.90 Å². The molecule has 21 heavy (non-hydrogen) atoms. The maximum absolute atomic E-state index is 10.6. The van der Waals surface area contributed by atoms with Gasteiger partial charge in [-0.2, -0.15) is 10.4 Å². The van der Waals surface area contributed by atoms with Crippen LogP contribution in [0, 0.1) is 25.2 Å². The van der Waals surface area contributed by atoms with Crippen molar-refractivity contribution in [1.82, 2.24) is 10.2 Å². The molecule has 0 spiro atoms. The Kier molecular flexibility index (Phi) is 4.55. The molecule has 1 aromatic carbocycles.